The Balaban J connectivity index is 2.01. The molecule has 0 aliphatic rings. The van der Waals surface area contributed by atoms with Gasteiger partial charge in [-0.15, -0.1) is 11.3 Å². The number of nitrogens with one attached hydrogen (secondary N) is 1. The zero-order chi connectivity index (χ0) is 13.1. The van der Waals surface area contributed by atoms with Crippen LogP contribution in [-0.4, -0.2) is 10.9 Å². The molecule has 2 rings (SSSR count). The molecule has 0 aliphatic heterocycles. The van der Waals surface area contributed by atoms with Crippen LogP contribution in [0.1, 0.15) is 21.1 Å². The summed E-state index contributed by atoms with van der Waals surface area (Å²) in [6.07, 6.45) is 0. The van der Waals surface area contributed by atoms with Gasteiger partial charge in [0.05, 0.1) is 11.6 Å². The van der Waals surface area contributed by atoms with Crippen LogP contribution in [0.25, 0.3) is 0 Å². The summed E-state index contributed by atoms with van der Waals surface area (Å²) < 4.78 is 0.932. The summed E-state index contributed by atoms with van der Waals surface area (Å²) >= 11 is 9.65. The Morgan fingerprint density at radius 1 is 1.56 bits per heavy atom. The summed E-state index contributed by atoms with van der Waals surface area (Å²) in [6.45, 7) is 2.38. The normalized spacial score (nSPS) is 10.4. The fourth-order valence-corrected chi connectivity index (χ4v) is 2.61. The van der Waals surface area contributed by atoms with Crippen LogP contribution in [0.4, 0.5) is 0 Å². The largest absolute Gasteiger partial charge is 0.346 e. The van der Waals surface area contributed by atoms with Crippen molar-refractivity contribution in [1.29, 1.82) is 0 Å². The molecule has 3 nitrogen and oxygen atoms in total. The quantitative estimate of drug-likeness (QED) is 0.810. The molecule has 0 unspecified atom stereocenters. The monoisotopic (exact) mass is 392 g/mol. The molecule has 0 spiro atoms. The topological polar surface area (TPSA) is 42.0 Å². The predicted octanol–water partition coefficient (Wildman–Crippen LogP) is 3.64. The van der Waals surface area contributed by atoms with E-state index in [2.05, 4.69) is 32.9 Å². The zero-order valence-electron chi connectivity index (χ0n) is 9.54. The maximum absolute atomic E-state index is 11.9. The molecule has 1 aromatic heterocycles. The first-order valence-electron chi connectivity index (χ1n) is 5.20. The van der Waals surface area contributed by atoms with Gasteiger partial charge in [-0.3, -0.25) is 4.79 Å². The van der Waals surface area contributed by atoms with E-state index in [1.807, 2.05) is 18.4 Å². The minimum atomic E-state index is -0.138. The third kappa shape index (κ3) is 3.43. The highest BCUT2D eigenvalue weighted by Gasteiger charge is 2.08. The van der Waals surface area contributed by atoms with Gasteiger partial charge in [-0.25, -0.2) is 4.98 Å². The Hall–Kier alpha value is -0.660. The van der Waals surface area contributed by atoms with Crippen molar-refractivity contribution in [2.75, 3.05) is 0 Å². The molecular formula is C12H10ClIN2OS. The number of aromatic nitrogens is 1. The van der Waals surface area contributed by atoms with E-state index in [0.29, 0.717) is 17.1 Å². The lowest BCUT2D eigenvalue weighted by Crippen LogP contribution is -2.22. The predicted molar refractivity (Wildman–Crippen MR) is 82.2 cm³/mol. The molecule has 1 heterocycles. The maximum atomic E-state index is 11.9. The van der Waals surface area contributed by atoms with Crippen molar-refractivity contribution in [2.24, 2.45) is 0 Å². The smallest absolute Gasteiger partial charge is 0.251 e. The SMILES string of the molecule is Cc1csc(CNC(=O)c2ccc(I)c(Cl)c2)n1. The molecule has 0 saturated heterocycles. The van der Waals surface area contributed by atoms with Gasteiger partial charge in [-0.1, -0.05) is 11.6 Å². The number of thiazole rings is 1. The molecule has 2 aromatic rings. The van der Waals surface area contributed by atoms with Gasteiger partial charge in [0.2, 0.25) is 0 Å². The van der Waals surface area contributed by atoms with Crippen LogP contribution in [0.3, 0.4) is 0 Å². The summed E-state index contributed by atoms with van der Waals surface area (Å²) in [5.74, 6) is -0.138. The molecule has 0 saturated carbocycles. The van der Waals surface area contributed by atoms with Crippen molar-refractivity contribution in [3.63, 3.8) is 0 Å². The van der Waals surface area contributed by atoms with Crippen molar-refractivity contribution < 1.29 is 4.79 Å². The third-order valence-corrected chi connectivity index (χ3v) is 4.79. The summed E-state index contributed by atoms with van der Waals surface area (Å²) in [7, 11) is 0. The van der Waals surface area contributed by atoms with E-state index in [9.17, 15) is 4.79 Å². The van der Waals surface area contributed by atoms with Gasteiger partial charge < -0.3 is 5.32 Å². The molecular weight excluding hydrogens is 383 g/mol. The van der Waals surface area contributed by atoms with Crippen LogP contribution in [0.15, 0.2) is 23.6 Å². The van der Waals surface area contributed by atoms with Gasteiger partial charge >= 0.3 is 0 Å². The van der Waals surface area contributed by atoms with Crippen molar-refractivity contribution in [2.45, 2.75) is 13.5 Å². The highest BCUT2D eigenvalue weighted by Crippen LogP contribution is 2.19. The number of rotatable bonds is 3. The van der Waals surface area contributed by atoms with Crippen LogP contribution in [0.5, 0.6) is 0 Å². The Bertz CT molecular complexity index is 585. The van der Waals surface area contributed by atoms with Crippen molar-refractivity contribution >= 4 is 51.4 Å². The fourth-order valence-electron chi connectivity index (χ4n) is 1.38. The van der Waals surface area contributed by atoms with E-state index in [4.69, 9.17) is 11.6 Å². The number of amides is 1. The van der Waals surface area contributed by atoms with Crippen LogP contribution >= 0.6 is 45.5 Å². The molecule has 94 valence electrons. The van der Waals surface area contributed by atoms with E-state index in [0.717, 1.165) is 14.3 Å². The Kier molecular flexibility index (Phi) is 4.58. The second kappa shape index (κ2) is 5.99. The van der Waals surface area contributed by atoms with Crippen molar-refractivity contribution in [3.05, 3.63) is 48.4 Å². The zero-order valence-corrected chi connectivity index (χ0v) is 13.3. The molecule has 1 amide bonds. The number of hydrogen-bond donors (Lipinski definition) is 1. The van der Waals surface area contributed by atoms with E-state index >= 15 is 0 Å². The average molecular weight is 393 g/mol. The highest BCUT2D eigenvalue weighted by atomic mass is 127. The highest BCUT2D eigenvalue weighted by molar-refractivity contribution is 14.1. The first-order chi connectivity index (χ1) is 8.56. The van der Waals surface area contributed by atoms with Crippen LogP contribution in [-0.2, 0) is 6.54 Å². The molecule has 0 bridgehead atoms. The molecule has 0 atom stereocenters. The molecule has 0 aliphatic carbocycles. The number of halogens is 2. The summed E-state index contributed by atoms with van der Waals surface area (Å²) in [4.78, 5) is 16.2. The van der Waals surface area contributed by atoms with Crippen LogP contribution in [0, 0.1) is 10.5 Å². The fraction of sp³-hybridized carbons (Fsp3) is 0.167. The van der Waals surface area contributed by atoms with Gasteiger partial charge in [0, 0.05) is 20.2 Å². The Morgan fingerprint density at radius 2 is 2.33 bits per heavy atom. The number of nitrogens with zero attached hydrogens (tertiary/aromatic N) is 1. The van der Waals surface area contributed by atoms with Crippen molar-refractivity contribution in [3.8, 4) is 0 Å². The van der Waals surface area contributed by atoms with Crippen LogP contribution < -0.4 is 5.32 Å². The number of carbonyl (C=O) groups is 1. The van der Waals surface area contributed by atoms with Crippen molar-refractivity contribution in [1.82, 2.24) is 10.3 Å². The summed E-state index contributed by atoms with van der Waals surface area (Å²) in [5, 5.41) is 6.28. The van der Waals surface area contributed by atoms with Gasteiger partial charge in [0.25, 0.3) is 5.91 Å². The van der Waals surface area contributed by atoms with E-state index < -0.39 is 0 Å². The van der Waals surface area contributed by atoms with Gasteiger partial charge in [0.15, 0.2) is 0 Å². The van der Waals surface area contributed by atoms with Gasteiger partial charge in [0.1, 0.15) is 5.01 Å². The average Bonchev–Trinajstić information content (AvgIpc) is 2.75. The van der Waals surface area contributed by atoms with E-state index in [-0.39, 0.29) is 5.91 Å². The molecule has 0 fully saturated rings. The van der Waals surface area contributed by atoms with E-state index in [1.54, 1.807) is 12.1 Å². The summed E-state index contributed by atoms with van der Waals surface area (Å²) in [6, 6.07) is 5.26. The molecule has 0 radical (unpaired) electrons. The maximum Gasteiger partial charge on any atom is 0.251 e. The molecule has 1 N–H and O–H groups in total. The molecule has 1 aromatic carbocycles. The lowest BCUT2D eigenvalue weighted by atomic mass is 10.2. The lowest BCUT2D eigenvalue weighted by Gasteiger charge is -2.04. The standard InChI is InChI=1S/C12H10ClIN2OS/c1-7-6-18-11(16-7)5-15-12(17)8-2-3-10(14)9(13)4-8/h2-4,6H,5H2,1H3,(H,15,17). The second-order valence-electron chi connectivity index (χ2n) is 3.69. The van der Waals surface area contributed by atoms with Gasteiger partial charge in [-0.2, -0.15) is 0 Å². The Morgan fingerprint density at radius 3 is 2.94 bits per heavy atom. The number of aryl methyl sites for hydroxylation is 1. The number of hydrogen-bond acceptors (Lipinski definition) is 3. The van der Waals surface area contributed by atoms with Crippen LogP contribution in [0.2, 0.25) is 5.02 Å². The lowest BCUT2D eigenvalue weighted by molar-refractivity contribution is 0.0951. The third-order valence-electron chi connectivity index (χ3n) is 2.25. The number of benzene rings is 1. The Labute approximate surface area is 128 Å². The first kappa shape index (κ1) is 13.8. The summed E-state index contributed by atoms with van der Waals surface area (Å²) in [5.41, 5.74) is 1.54. The second-order valence-corrected chi connectivity index (χ2v) is 6.21. The van der Waals surface area contributed by atoms with Gasteiger partial charge in [-0.05, 0) is 47.7 Å². The minimum Gasteiger partial charge on any atom is -0.346 e. The minimum absolute atomic E-state index is 0.138. The molecule has 18 heavy (non-hydrogen) atoms. The first-order valence-corrected chi connectivity index (χ1v) is 7.54. The molecule has 6 heteroatoms. The van der Waals surface area contributed by atoms with E-state index in [1.165, 1.54) is 11.3 Å². The number of carbonyl (C=O) groups excluding carboxylic acids is 1.